The van der Waals surface area contributed by atoms with Crippen molar-refractivity contribution in [3.8, 4) is 0 Å². The summed E-state index contributed by atoms with van der Waals surface area (Å²) in [7, 11) is 0. The number of allylic oxidation sites excluding steroid dienone is 9. The molecule has 28 heavy (non-hydrogen) atoms. The maximum Gasteiger partial charge on any atom is 0.331 e. The molecule has 5 heteroatoms. The summed E-state index contributed by atoms with van der Waals surface area (Å²) in [6, 6.07) is 0. The third-order valence-electron chi connectivity index (χ3n) is 3.87. The zero-order valence-corrected chi connectivity index (χ0v) is 16.8. The molecular weight excluding hydrogens is 356 g/mol. The molecule has 5 nitrogen and oxygen atoms in total. The van der Waals surface area contributed by atoms with Crippen LogP contribution in [0.3, 0.4) is 0 Å². The highest BCUT2D eigenvalue weighted by atomic mass is 16.6. The van der Waals surface area contributed by atoms with Gasteiger partial charge in [-0.25, -0.2) is 4.79 Å². The fraction of sp³-hybridized carbons (Fsp3) is 0.522. The SMILES string of the molecule is O=C(C=CC=CC=CC=CC=CCCCCCCCCCO)OC(CO)CO. The van der Waals surface area contributed by atoms with Crippen molar-refractivity contribution < 1.29 is 24.9 Å². The first kappa shape index (κ1) is 26.1. The summed E-state index contributed by atoms with van der Waals surface area (Å²) in [5.41, 5.74) is 0. The predicted octanol–water partition coefficient (Wildman–Crippen LogP) is 3.78. The molecule has 0 rings (SSSR count). The van der Waals surface area contributed by atoms with Crippen LogP contribution in [0, 0.1) is 0 Å². The lowest BCUT2D eigenvalue weighted by Gasteiger charge is -2.09. The molecule has 0 aliphatic heterocycles. The van der Waals surface area contributed by atoms with Crippen molar-refractivity contribution in [2.45, 2.75) is 57.5 Å². The summed E-state index contributed by atoms with van der Waals surface area (Å²) < 4.78 is 4.78. The van der Waals surface area contributed by atoms with Gasteiger partial charge >= 0.3 is 5.97 Å². The monoisotopic (exact) mass is 392 g/mol. The highest BCUT2D eigenvalue weighted by Crippen LogP contribution is 2.08. The average Bonchev–Trinajstić information content (AvgIpc) is 2.71. The van der Waals surface area contributed by atoms with Gasteiger partial charge in [-0.1, -0.05) is 86.8 Å². The van der Waals surface area contributed by atoms with Gasteiger partial charge in [0, 0.05) is 12.7 Å². The second kappa shape index (κ2) is 21.4. The van der Waals surface area contributed by atoms with Gasteiger partial charge < -0.3 is 20.1 Å². The molecule has 0 atom stereocenters. The lowest BCUT2D eigenvalue weighted by molar-refractivity contribution is -0.147. The Hall–Kier alpha value is -1.95. The van der Waals surface area contributed by atoms with Crippen LogP contribution in [-0.2, 0) is 9.53 Å². The van der Waals surface area contributed by atoms with E-state index >= 15 is 0 Å². The van der Waals surface area contributed by atoms with E-state index in [1.807, 2.05) is 30.4 Å². The molecule has 0 radical (unpaired) electrons. The van der Waals surface area contributed by atoms with Crippen molar-refractivity contribution in [3.05, 3.63) is 60.8 Å². The van der Waals surface area contributed by atoms with E-state index < -0.39 is 25.3 Å². The maximum atomic E-state index is 11.3. The third kappa shape index (κ3) is 18.8. The number of ether oxygens (including phenoxy) is 1. The molecule has 0 heterocycles. The van der Waals surface area contributed by atoms with E-state index in [0.717, 1.165) is 19.3 Å². The van der Waals surface area contributed by atoms with Crippen molar-refractivity contribution >= 4 is 5.97 Å². The molecule has 0 aromatic carbocycles. The summed E-state index contributed by atoms with van der Waals surface area (Å²) in [6.45, 7) is -0.487. The lowest BCUT2D eigenvalue weighted by Crippen LogP contribution is -2.24. The van der Waals surface area contributed by atoms with Crippen molar-refractivity contribution in [2.75, 3.05) is 19.8 Å². The summed E-state index contributed by atoms with van der Waals surface area (Å²) >= 11 is 0. The summed E-state index contributed by atoms with van der Waals surface area (Å²) in [4.78, 5) is 11.3. The van der Waals surface area contributed by atoms with Crippen LogP contribution in [0.2, 0.25) is 0 Å². The molecule has 0 amide bonds. The smallest absolute Gasteiger partial charge is 0.331 e. The molecule has 0 aromatic heterocycles. The number of esters is 1. The number of unbranched alkanes of at least 4 members (excludes halogenated alkanes) is 7. The van der Waals surface area contributed by atoms with Gasteiger partial charge in [-0.3, -0.25) is 0 Å². The van der Waals surface area contributed by atoms with Crippen molar-refractivity contribution in [2.24, 2.45) is 0 Å². The largest absolute Gasteiger partial charge is 0.454 e. The molecule has 158 valence electrons. The van der Waals surface area contributed by atoms with Crippen LogP contribution < -0.4 is 0 Å². The predicted molar refractivity (Wildman–Crippen MR) is 114 cm³/mol. The van der Waals surface area contributed by atoms with Gasteiger partial charge in [0.05, 0.1) is 13.2 Å². The number of aliphatic hydroxyl groups excluding tert-OH is 3. The minimum Gasteiger partial charge on any atom is -0.454 e. The number of carbonyl (C=O) groups excluding carboxylic acids is 1. The Morgan fingerprint density at radius 1 is 0.679 bits per heavy atom. The number of hydrogen-bond acceptors (Lipinski definition) is 5. The van der Waals surface area contributed by atoms with Gasteiger partial charge in [0.15, 0.2) is 0 Å². The van der Waals surface area contributed by atoms with Crippen LogP contribution in [0.15, 0.2) is 60.8 Å². The second-order valence-electron chi connectivity index (χ2n) is 6.35. The standard InChI is InChI=1S/C23H36O5/c24-19-17-15-13-11-9-7-5-3-1-2-4-6-8-10-12-14-16-18-23(27)28-22(20-25)21-26/h1-2,4,6,8,10,12,14,16,18,22,24-26H,3,5,7,9,11,13,15,17,19-21H2. The zero-order valence-electron chi connectivity index (χ0n) is 16.8. The first-order chi connectivity index (χ1) is 13.7. The first-order valence-corrected chi connectivity index (χ1v) is 10.1. The molecule has 0 aliphatic rings. The molecule has 0 saturated carbocycles. The van der Waals surface area contributed by atoms with Gasteiger partial charge in [0.25, 0.3) is 0 Å². The minimum absolute atomic E-state index is 0.315. The lowest BCUT2D eigenvalue weighted by atomic mass is 10.1. The minimum atomic E-state index is -0.874. The highest BCUT2D eigenvalue weighted by molar-refractivity contribution is 5.82. The second-order valence-corrected chi connectivity index (χ2v) is 6.35. The Bertz CT molecular complexity index is 499. The van der Waals surface area contributed by atoms with Gasteiger partial charge in [0.2, 0.25) is 0 Å². The quantitative estimate of drug-likeness (QED) is 0.152. The molecular formula is C23H36O5. The van der Waals surface area contributed by atoms with Crippen LogP contribution in [0.5, 0.6) is 0 Å². The van der Waals surface area contributed by atoms with Crippen LogP contribution in [0.4, 0.5) is 0 Å². The van der Waals surface area contributed by atoms with Gasteiger partial charge in [-0.15, -0.1) is 0 Å². The number of aliphatic hydroxyl groups is 3. The Morgan fingerprint density at radius 2 is 1.18 bits per heavy atom. The van der Waals surface area contributed by atoms with Crippen molar-refractivity contribution in [3.63, 3.8) is 0 Å². The Morgan fingerprint density at radius 3 is 1.75 bits per heavy atom. The Balaban J connectivity index is 3.69. The van der Waals surface area contributed by atoms with Gasteiger partial charge in [-0.05, 0) is 19.3 Å². The molecule has 0 aromatic rings. The number of carbonyl (C=O) groups is 1. The summed E-state index contributed by atoms with van der Waals surface area (Å²) in [6.07, 6.45) is 26.7. The van der Waals surface area contributed by atoms with Crippen molar-refractivity contribution in [1.82, 2.24) is 0 Å². The van der Waals surface area contributed by atoms with E-state index in [9.17, 15) is 4.79 Å². The number of hydrogen-bond donors (Lipinski definition) is 3. The van der Waals surface area contributed by atoms with Crippen LogP contribution in [0.25, 0.3) is 0 Å². The van der Waals surface area contributed by atoms with E-state index in [1.165, 1.54) is 44.3 Å². The number of rotatable bonds is 17. The van der Waals surface area contributed by atoms with Crippen molar-refractivity contribution in [1.29, 1.82) is 0 Å². The normalized spacial score (nSPS) is 12.7. The first-order valence-electron chi connectivity index (χ1n) is 10.1. The van der Waals surface area contributed by atoms with E-state index in [0.29, 0.717) is 6.61 Å². The fourth-order valence-corrected chi connectivity index (χ4v) is 2.29. The summed E-state index contributed by atoms with van der Waals surface area (Å²) in [5.74, 6) is -0.603. The Labute approximate surface area is 169 Å². The zero-order chi connectivity index (χ0) is 20.7. The third-order valence-corrected chi connectivity index (χ3v) is 3.87. The molecule has 0 unspecified atom stereocenters. The van der Waals surface area contributed by atoms with Crippen LogP contribution in [-0.4, -0.2) is 47.2 Å². The van der Waals surface area contributed by atoms with E-state index in [4.69, 9.17) is 20.1 Å². The maximum absolute atomic E-state index is 11.3. The van der Waals surface area contributed by atoms with Crippen LogP contribution in [0.1, 0.15) is 51.4 Å². The molecule has 0 bridgehead atoms. The average molecular weight is 393 g/mol. The van der Waals surface area contributed by atoms with E-state index in [2.05, 4.69) is 6.08 Å². The Kier molecular flexibility index (Phi) is 19.9. The van der Waals surface area contributed by atoms with Gasteiger partial charge in [-0.2, -0.15) is 0 Å². The van der Waals surface area contributed by atoms with Gasteiger partial charge in [0.1, 0.15) is 6.10 Å². The van der Waals surface area contributed by atoms with E-state index in [1.54, 1.807) is 12.2 Å². The molecule has 3 N–H and O–H groups in total. The van der Waals surface area contributed by atoms with Crippen LogP contribution >= 0.6 is 0 Å². The molecule has 0 saturated heterocycles. The molecule has 0 spiro atoms. The highest BCUT2D eigenvalue weighted by Gasteiger charge is 2.08. The molecule has 0 fully saturated rings. The summed E-state index contributed by atoms with van der Waals surface area (Å²) in [5, 5.41) is 26.3. The van der Waals surface area contributed by atoms with E-state index in [-0.39, 0.29) is 0 Å². The molecule has 0 aliphatic carbocycles. The fourth-order valence-electron chi connectivity index (χ4n) is 2.29. The topological polar surface area (TPSA) is 87.0 Å².